The van der Waals surface area contributed by atoms with Crippen LogP contribution in [-0.2, 0) is 45.5 Å². The summed E-state index contributed by atoms with van der Waals surface area (Å²) in [5, 5.41) is 19.2. The van der Waals surface area contributed by atoms with E-state index in [2.05, 4.69) is 0 Å². The van der Waals surface area contributed by atoms with E-state index in [1.54, 1.807) is 0 Å². The molecule has 0 fully saturated rings. The van der Waals surface area contributed by atoms with E-state index in [-0.39, 0.29) is 16.8 Å². The van der Waals surface area contributed by atoms with Crippen LogP contribution in [0, 0.1) is 0 Å². The summed E-state index contributed by atoms with van der Waals surface area (Å²) in [4.78, 5) is 59.5. The molecule has 0 aromatic heterocycles. The first-order chi connectivity index (χ1) is 8.07. The maximum absolute atomic E-state index is 10.1. The Morgan fingerprint density at radius 1 is 0.684 bits per heavy atom. The van der Waals surface area contributed by atoms with Crippen molar-refractivity contribution in [3.63, 3.8) is 0 Å². The normalized spacial score (nSPS) is 8.11. The molecule has 0 N–H and O–H groups in total. The van der Waals surface area contributed by atoms with Gasteiger partial charge in [-0.15, -0.1) is 0 Å². The van der Waals surface area contributed by atoms with Gasteiger partial charge in [-0.25, -0.2) is 0 Å². The minimum absolute atomic E-state index is 0. The van der Waals surface area contributed by atoms with Gasteiger partial charge in [0.25, 0.3) is 0 Å². The molecule has 0 amide bonds. The molecule has 8 nitrogen and oxygen atoms in total. The summed E-state index contributed by atoms with van der Waals surface area (Å²) in [7, 11) is 0. The van der Waals surface area contributed by atoms with Crippen LogP contribution >= 0.6 is 0 Å². The van der Waals surface area contributed by atoms with Crippen molar-refractivity contribution >= 4 is 35.1 Å². The molecule has 0 aliphatic heterocycles. The van der Waals surface area contributed by atoms with Gasteiger partial charge in [0.15, 0.2) is 11.6 Å². The summed E-state index contributed by atoms with van der Waals surface area (Å²) in [5.74, 6) is -6.87. The predicted octanol–water partition coefficient (Wildman–Crippen LogP) is -3.43. The van der Waals surface area contributed by atoms with Crippen LogP contribution in [-0.4, -0.2) is 35.1 Å². The quantitative estimate of drug-likeness (QED) is 0.363. The first kappa shape index (κ1) is 22.3. The largest absolute Gasteiger partial charge is 2.00 e. The minimum Gasteiger partial charge on any atom is -0.542 e. The number of Topliss-reactive ketones (excluding diaryl/α,β-unsaturated/α-hetero) is 4. The van der Waals surface area contributed by atoms with Gasteiger partial charge in [-0.3, -0.25) is 19.2 Å². The number of carbonyl (C=O) groups is 6. The van der Waals surface area contributed by atoms with E-state index in [4.69, 9.17) is 0 Å². The first-order valence-electron chi connectivity index (χ1n) is 4.55. The Morgan fingerprint density at radius 3 is 0.947 bits per heavy atom. The number of aliphatic carboxylic acids is 2. The van der Waals surface area contributed by atoms with Crippen LogP contribution in [0.5, 0.6) is 0 Å². The predicted molar refractivity (Wildman–Crippen MR) is 50.6 cm³/mol. The van der Waals surface area contributed by atoms with Crippen molar-refractivity contribution in [1.29, 1.82) is 0 Å². The standard InChI is InChI=1S/2C5H6O4.Co/c2*1-3(6)2-4(7)5(8)9;/h2*2H2,1H3,(H,8,9);/q;;+2/p-2. The van der Waals surface area contributed by atoms with Crippen molar-refractivity contribution in [3.05, 3.63) is 0 Å². The molecule has 19 heavy (non-hydrogen) atoms. The van der Waals surface area contributed by atoms with Gasteiger partial charge in [-0.2, -0.15) is 0 Å². The molecule has 0 saturated carbocycles. The van der Waals surface area contributed by atoms with Crippen molar-refractivity contribution in [1.82, 2.24) is 0 Å². The molecule has 0 unspecified atom stereocenters. The van der Waals surface area contributed by atoms with Crippen LogP contribution in [0.2, 0.25) is 0 Å². The second-order valence-corrected chi connectivity index (χ2v) is 3.18. The Bertz CT molecular complexity index is 360. The summed E-state index contributed by atoms with van der Waals surface area (Å²) < 4.78 is 0. The average molecular weight is 317 g/mol. The smallest absolute Gasteiger partial charge is 0.542 e. The van der Waals surface area contributed by atoms with Crippen LogP contribution in [0.25, 0.3) is 0 Å². The van der Waals surface area contributed by atoms with E-state index in [0.717, 1.165) is 13.8 Å². The SMILES string of the molecule is CC(=O)CC(=O)C(=O)[O-].CC(=O)CC(=O)C(=O)[O-].[Co+2]. The molecular weight excluding hydrogens is 307 g/mol. The summed E-state index contributed by atoms with van der Waals surface area (Å²) in [6, 6.07) is 0. The van der Waals surface area contributed by atoms with E-state index in [1.807, 2.05) is 0 Å². The molecule has 0 saturated heterocycles. The second-order valence-electron chi connectivity index (χ2n) is 3.18. The summed E-state index contributed by atoms with van der Waals surface area (Å²) in [6.07, 6.45) is -1.13. The van der Waals surface area contributed by atoms with Crippen molar-refractivity contribution < 1.29 is 55.8 Å². The number of hydrogen-bond acceptors (Lipinski definition) is 8. The zero-order valence-corrected chi connectivity index (χ0v) is 11.1. The van der Waals surface area contributed by atoms with Gasteiger partial charge in [-0.05, 0) is 13.8 Å². The van der Waals surface area contributed by atoms with Crippen LogP contribution in [0.15, 0.2) is 0 Å². The van der Waals surface area contributed by atoms with Gasteiger partial charge < -0.3 is 19.8 Å². The third-order valence-corrected chi connectivity index (χ3v) is 1.27. The Morgan fingerprint density at radius 2 is 0.895 bits per heavy atom. The van der Waals surface area contributed by atoms with E-state index in [9.17, 15) is 39.0 Å². The third kappa shape index (κ3) is 16.1. The van der Waals surface area contributed by atoms with E-state index in [1.165, 1.54) is 0 Å². The number of ketones is 4. The van der Waals surface area contributed by atoms with Gasteiger partial charge in [-0.1, -0.05) is 0 Å². The van der Waals surface area contributed by atoms with Gasteiger partial charge in [0.05, 0.1) is 12.8 Å². The summed E-state index contributed by atoms with van der Waals surface area (Å²) >= 11 is 0. The molecule has 0 aromatic rings. The molecule has 0 rings (SSSR count). The fourth-order valence-electron chi connectivity index (χ4n) is 0.597. The zero-order valence-electron chi connectivity index (χ0n) is 10.0. The Balaban J connectivity index is -0.000000256. The summed E-state index contributed by atoms with van der Waals surface area (Å²) in [5.41, 5.74) is 0. The second kappa shape index (κ2) is 11.2. The molecule has 1 radical (unpaired) electrons. The fraction of sp³-hybridized carbons (Fsp3) is 0.400. The molecule has 0 aromatic carbocycles. The average Bonchev–Trinajstić information content (AvgIpc) is 2.16. The Labute approximate surface area is 118 Å². The van der Waals surface area contributed by atoms with Crippen LogP contribution in [0.3, 0.4) is 0 Å². The molecule has 0 heterocycles. The first-order valence-corrected chi connectivity index (χ1v) is 4.55. The van der Waals surface area contributed by atoms with Gasteiger partial charge in [0.1, 0.15) is 23.5 Å². The molecule has 9 heteroatoms. The van der Waals surface area contributed by atoms with Crippen LogP contribution in [0.4, 0.5) is 0 Å². The Hall–Kier alpha value is -1.87. The van der Waals surface area contributed by atoms with Gasteiger partial charge >= 0.3 is 16.8 Å². The molecule has 0 aliphatic carbocycles. The van der Waals surface area contributed by atoms with Crippen LogP contribution < -0.4 is 10.2 Å². The number of rotatable bonds is 6. The van der Waals surface area contributed by atoms with Crippen molar-refractivity contribution in [3.8, 4) is 0 Å². The van der Waals surface area contributed by atoms with Crippen molar-refractivity contribution in [2.75, 3.05) is 0 Å². The van der Waals surface area contributed by atoms with Crippen LogP contribution in [0.1, 0.15) is 26.7 Å². The Kier molecular flexibility index (Phi) is 13.2. The molecule has 0 spiro atoms. The summed E-state index contributed by atoms with van der Waals surface area (Å²) in [6.45, 7) is 2.28. The molecular formula is C10H10CoO8. The van der Waals surface area contributed by atoms with Gasteiger partial charge in [0, 0.05) is 0 Å². The molecule has 0 atom stereocenters. The third-order valence-electron chi connectivity index (χ3n) is 1.27. The number of hydrogen-bond donors (Lipinski definition) is 0. The topological polar surface area (TPSA) is 149 Å². The van der Waals surface area contributed by atoms with Crippen molar-refractivity contribution in [2.45, 2.75) is 26.7 Å². The maximum atomic E-state index is 10.1. The van der Waals surface area contributed by atoms with E-state index >= 15 is 0 Å². The fourth-order valence-corrected chi connectivity index (χ4v) is 0.597. The minimum atomic E-state index is -1.80. The van der Waals surface area contributed by atoms with Gasteiger partial charge in [0.2, 0.25) is 0 Å². The number of carboxylic acids is 2. The number of carboxylic acid groups (broad SMARTS) is 2. The monoisotopic (exact) mass is 317 g/mol. The zero-order chi connectivity index (χ0) is 14.9. The van der Waals surface area contributed by atoms with E-state index in [0.29, 0.717) is 0 Å². The number of carbonyl (C=O) groups excluding carboxylic acids is 6. The van der Waals surface area contributed by atoms with E-state index < -0.39 is 47.9 Å². The maximum Gasteiger partial charge on any atom is 2.00 e. The molecule has 107 valence electrons. The molecule has 0 bridgehead atoms. The molecule has 0 aliphatic rings. The van der Waals surface area contributed by atoms with Crippen molar-refractivity contribution in [2.24, 2.45) is 0 Å².